The number of aromatic nitrogens is 2. The first-order valence-electron chi connectivity index (χ1n) is 4.21. The van der Waals surface area contributed by atoms with Crippen molar-refractivity contribution in [2.24, 2.45) is 0 Å². The molecule has 0 radical (unpaired) electrons. The third-order valence-electron chi connectivity index (χ3n) is 1.97. The Kier molecular flexibility index (Phi) is 2.36. The van der Waals surface area contributed by atoms with Crippen molar-refractivity contribution in [2.75, 3.05) is 0 Å². The fraction of sp³-hybridized carbons (Fsp3) is 0.100. The van der Waals surface area contributed by atoms with E-state index in [1.807, 2.05) is 0 Å². The molecule has 1 aromatic heterocycles. The highest BCUT2D eigenvalue weighted by atomic mass is 35.5. The molecular weight excluding hydrogens is 219 g/mol. The number of Topliss-reactive ketones (excluding diaryl/α,β-unsaturated/α-hetero) is 1. The van der Waals surface area contributed by atoms with Crippen molar-refractivity contribution < 1.29 is 9.18 Å². The average molecular weight is 225 g/mol. The highest BCUT2D eigenvalue weighted by molar-refractivity contribution is 6.29. The Labute approximate surface area is 89.9 Å². The van der Waals surface area contributed by atoms with Gasteiger partial charge in [-0.05, 0) is 23.7 Å². The summed E-state index contributed by atoms with van der Waals surface area (Å²) < 4.78 is 12.9. The maximum Gasteiger partial charge on any atom is 0.223 e. The highest BCUT2D eigenvalue weighted by Gasteiger charge is 2.10. The van der Waals surface area contributed by atoms with E-state index in [0.717, 1.165) is 0 Å². The molecule has 15 heavy (non-hydrogen) atoms. The van der Waals surface area contributed by atoms with Gasteiger partial charge < -0.3 is 0 Å². The van der Waals surface area contributed by atoms with E-state index in [1.54, 1.807) is 0 Å². The standard InChI is InChI=1S/C10H6ClFN2O/c1-5(15)9-7-3-2-6(12)4-8(7)13-10(11)14-9/h2-4H,1H3. The molecule has 1 heterocycles. The molecule has 1 aromatic carbocycles. The summed E-state index contributed by atoms with van der Waals surface area (Å²) in [5, 5.41) is 0.451. The van der Waals surface area contributed by atoms with Crippen LogP contribution in [0.4, 0.5) is 4.39 Å². The quantitative estimate of drug-likeness (QED) is 0.552. The van der Waals surface area contributed by atoms with Crippen LogP contribution in [-0.2, 0) is 0 Å². The summed E-state index contributed by atoms with van der Waals surface area (Å²) in [7, 11) is 0. The van der Waals surface area contributed by atoms with Crippen molar-refractivity contribution >= 4 is 28.3 Å². The number of fused-ring (bicyclic) bond motifs is 1. The van der Waals surface area contributed by atoms with Gasteiger partial charge in [-0.2, -0.15) is 0 Å². The first-order chi connectivity index (χ1) is 7.08. The zero-order chi connectivity index (χ0) is 11.0. The van der Waals surface area contributed by atoms with E-state index in [4.69, 9.17) is 11.6 Å². The fourth-order valence-electron chi connectivity index (χ4n) is 1.34. The zero-order valence-corrected chi connectivity index (χ0v) is 8.55. The van der Waals surface area contributed by atoms with E-state index >= 15 is 0 Å². The Morgan fingerprint density at radius 3 is 2.80 bits per heavy atom. The lowest BCUT2D eigenvalue weighted by Gasteiger charge is -2.02. The van der Waals surface area contributed by atoms with Gasteiger partial charge in [-0.15, -0.1) is 0 Å². The van der Waals surface area contributed by atoms with Crippen LogP contribution < -0.4 is 0 Å². The second-order valence-electron chi connectivity index (χ2n) is 3.06. The number of hydrogen-bond acceptors (Lipinski definition) is 3. The SMILES string of the molecule is CC(=O)c1nc(Cl)nc2cc(F)ccc12. The van der Waals surface area contributed by atoms with Gasteiger partial charge in [0.25, 0.3) is 0 Å². The van der Waals surface area contributed by atoms with Crippen LogP contribution >= 0.6 is 11.6 Å². The number of rotatable bonds is 1. The smallest absolute Gasteiger partial charge is 0.223 e. The Bertz CT molecular complexity index is 551. The topological polar surface area (TPSA) is 42.9 Å². The molecule has 0 unspecified atom stereocenters. The van der Waals surface area contributed by atoms with Gasteiger partial charge in [-0.1, -0.05) is 0 Å². The number of benzene rings is 1. The molecule has 0 saturated carbocycles. The normalized spacial score (nSPS) is 10.6. The predicted molar refractivity (Wildman–Crippen MR) is 54.5 cm³/mol. The van der Waals surface area contributed by atoms with Crippen molar-refractivity contribution in [2.45, 2.75) is 6.92 Å². The summed E-state index contributed by atoms with van der Waals surface area (Å²) in [6.07, 6.45) is 0. The largest absolute Gasteiger partial charge is 0.293 e. The summed E-state index contributed by atoms with van der Waals surface area (Å²) >= 11 is 5.62. The lowest BCUT2D eigenvalue weighted by molar-refractivity contribution is 0.101. The summed E-state index contributed by atoms with van der Waals surface area (Å²) in [4.78, 5) is 18.9. The van der Waals surface area contributed by atoms with Crippen LogP contribution in [0.2, 0.25) is 5.28 Å². The fourth-order valence-corrected chi connectivity index (χ4v) is 1.52. The van der Waals surface area contributed by atoms with Gasteiger partial charge in [0.05, 0.1) is 5.52 Å². The van der Waals surface area contributed by atoms with Crippen LogP contribution in [0.15, 0.2) is 18.2 Å². The van der Waals surface area contributed by atoms with E-state index in [2.05, 4.69) is 9.97 Å². The molecule has 2 rings (SSSR count). The first-order valence-corrected chi connectivity index (χ1v) is 4.59. The molecule has 3 nitrogen and oxygen atoms in total. The molecule has 0 aliphatic heterocycles. The van der Waals surface area contributed by atoms with E-state index in [1.165, 1.54) is 25.1 Å². The van der Waals surface area contributed by atoms with E-state index in [9.17, 15) is 9.18 Å². The van der Waals surface area contributed by atoms with E-state index in [0.29, 0.717) is 10.9 Å². The summed E-state index contributed by atoms with van der Waals surface area (Å²) in [6.45, 7) is 1.38. The predicted octanol–water partition coefficient (Wildman–Crippen LogP) is 2.62. The Hall–Kier alpha value is -1.55. The van der Waals surface area contributed by atoms with Gasteiger partial charge in [0.15, 0.2) is 5.78 Å². The molecule has 2 aromatic rings. The second kappa shape index (κ2) is 3.55. The highest BCUT2D eigenvalue weighted by Crippen LogP contribution is 2.19. The van der Waals surface area contributed by atoms with Crippen LogP contribution in [0.5, 0.6) is 0 Å². The summed E-state index contributed by atoms with van der Waals surface area (Å²) in [6, 6.07) is 3.94. The minimum absolute atomic E-state index is 0.0571. The molecule has 0 aliphatic rings. The van der Waals surface area contributed by atoms with Crippen molar-refractivity contribution in [1.82, 2.24) is 9.97 Å². The Balaban J connectivity index is 2.86. The number of nitrogens with zero attached hydrogens (tertiary/aromatic N) is 2. The van der Waals surface area contributed by atoms with Gasteiger partial charge >= 0.3 is 0 Å². The van der Waals surface area contributed by atoms with E-state index < -0.39 is 5.82 Å². The van der Waals surface area contributed by atoms with Crippen LogP contribution in [0.1, 0.15) is 17.4 Å². The van der Waals surface area contributed by atoms with Gasteiger partial charge in [0.1, 0.15) is 11.5 Å². The van der Waals surface area contributed by atoms with Gasteiger partial charge in [-0.3, -0.25) is 4.79 Å². The molecule has 0 amide bonds. The molecule has 0 spiro atoms. The molecule has 0 saturated heterocycles. The molecule has 0 aliphatic carbocycles. The van der Waals surface area contributed by atoms with Crippen LogP contribution in [0.3, 0.4) is 0 Å². The molecule has 0 N–H and O–H groups in total. The van der Waals surface area contributed by atoms with Gasteiger partial charge in [-0.25, -0.2) is 14.4 Å². The summed E-state index contributed by atoms with van der Waals surface area (Å²) in [5.41, 5.74) is 0.546. The van der Waals surface area contributed by atoms with Crippen LogP contribution in [0, 0.1) is 5.82 Å². The Morgan fingerprint density at radius 2 is 2.13 bits per heavy atom. The number of hydrogen-bond donors (Lipinski definition) is 0. The molecule has 0 atom stereocenters. The zero-order valence-electron chi connectivity index (χ0n) is 7.79. The maximum atomic E-state index is 12.9. The first kappa shape index (κ1) is 9.98. The molecular formula is C10H6ClFN2O. The third kappa shape index (κ3) is 1.80. The van der Waals surface area contributed by atoms with Gasteiger partial charge in [0, 0.05) is 18.4 Å². The maximum absolute atomic E-state index is 12.9. The minimum atomic E-state index is -0.424. The molecule has 0 fully saturated rings. The molecule has 5 heteroatoms. The van der Waals surface area contributed by atoms with Gasteiger partial charge in [0.2, 0.25) is 5.28 Å². The monoisotopic (exact) mass is 224 g/mol. The van der Waals surface area contributed by atoms with Crippen molar-refractivity contribution in [3.8, 4) is 0 Å². The number of carbonyl (C=O) groups excluding carboxylic acids is 1. The van der Waals surface area contributed by atoms with Crippen LogP contribution in [0.25, 0.3) is 10.9 Å². The number of ketones is 1. The van der Waals surface area contributed by atoms with Crippen molar-refractivity contribution in [3.05, 3.63) is 35.0 Å². The average Bonchev–Trinajstić information content (AvgIpc) is 2.15. The number of halogens is 2. The van der Waals surface area contributed by atoms with Crippen molar-refractivity contribution in [3.63, 3.8) is 0 Å². The second-order valence-corrected chi connectivity index (χ2v) is 3.40. The lowest BCUT2D eigenvalue weighted by atomic mass is 10.1. The third-order valence-corrected chi connectivity index (χ3v) is 2.13. The molecule has 0 bridgehead atoms. The van der Waals surface area contributed by atoms with Crippen LogP contribution in [-0.4, -0.2) is 15.8 Å². The van der Waals surface area contributed by atoms with Crippen molar-refractivity contribution in [1.29, 1.82) is 0 Å². The molecule has 76 valence electrons. The summed E-state index contributed by atoms with van der Waals surface area (Å²) in [5.74, 6) is -0.650. The van der Waals surface area contributed by atoms with E-state index in [-0.39, 0.29) is 16.8 Å². The minimum Gasteiger partial charge on any atom is -0.293 e. The lowest BCUT2D eigenvalue weighted by Crippen LogP contribution is -2.00. The Morgan fingerprint density at radius 1 is 1.40 bits per heavy atom. The number of carbonyl (C=O) groups is 1.